The van der Waals surface area contributed by atoms with E-state index in [1.54, 1.807) is 24.3 Å². The Morgan fingerprint density at radius 1 is 0.930 bits per heavy atom. The molecule has 6 aliphatic rings. The smallest absolute Gasteiger partial charge is 0.274 e. The molecule has 57 heavy (non-hydrogen) atoms. The van der Waals surface area contributed by atoms with Crippen LogP contribution in [0.1, 0.15) is 94.2 Å². The number of hydrogen-bond acceptors (Lipinski definition) is 10. The Labute approximate surface area is 335 Å². The van der Waals surface area contributed by atoms with Crippen molar-refractivity contribution in [2.24, 2.45) is 11.3 Å². The third-order valence-corrected chi connectivity index (χ3v) is 13.4. The number of imide groups is 2. The molecule has 2 aromatic carbocycles. The van der Waals surface area contributed by atoms with E-state index in [1.165, 1.54) is 0 Å². The zero-order valence-electron chi connectivity index (χ0n) is 31.9. The molecule has 4 fully saturated rings. The lowest BCUT2D eigenvalue weighted by molar-refractivity contribution is -0.136. The first kappa shape index (κ1) is 37.2. The highest BCUT2D eigenvalue weighted by molar-refractivity contribution is 6.33. The van der Waals surface area contributed by atoms with Crippen LogP contribution in [-0.4, -0.2) is 106 Å². The molecule has 2 atom stereocenters. The Morgan fingerprint density at radius 2 is 1.63 bits per heavy atom. The van der Waals surface area contributed by atoms with Crippen molar-refractivity contribution in [2.75, 3.05) is 49.1 Å². The van der Waals surface area contributed by atoms with Gasteiger partial charge in [0.25, 0.3) is 17.7 Å². The number of anilines is 2. The molecule has 0 saturated carbocycles. The van der Waals surface area contributed by atoms with Crippen LogP contribution in [0.25, 0.3) is 4.85 Å². The zero-order valence-corrected chi connectivity index (χ0v) is 32.6. The lowest BCUT2D eigenvalue weighted by Crippen LogP contribution is -2.54. The molecule has 1 spiro atoms. The number of amides is 5. The van der Waals surface area contributed by atoms with Crippen molar-refractivity contribution >= 4 is 58.3 Å². The van der Waals surface area contributed by atoms with Crippen molar-refractivity contribution in [1.29, 1.82) is 0 Å². The summed E-state index contributed by atoms with van der Waals surface area (Å²) in [5, 5.41) is 11.6. The van der Waals surface area contributed by atoms with Gasteiger partial charge in [0, 0.05) is 75.5 Å². The van der Waals surface area contributed by atoms with Gasteiger partial charge in [-0.2, -0.15) is 0 Å². The van der Waals surface area contributed by atoms with Gasteiger partial charge >= 0.3 is 0 Å². The number of carbonyl (C=O) groups excluding carboxylic acids is 5. The van der Waals surface area contributed by atoms with E-state index in [9.17, 15) is 24.0 Å². The predicted octanol–water partition coefficient (Wildman–Crippen LogP) is 4.84. The summed E-state index contributed by atoms with van der Waals surface area (Å²) in [5.74, 6) is -0.880. The van der Waals surface area contributed by atoms with Crippen LogP contribution in [0.3, 0.4) is 0 Å². The standard InChI is InChI=1S/C42H44ClN9O5/c1-25-20-42(24-51(25)29-3-4-33(44-2)32(43)19-29)11-15-49(16-12-42)36-7-5-34(46-47-36)41(57)50-13-9-26(10-14-50)21-48-22-27-17-30-31(18-28(27)23-48)40(56)52(39(30)55)35-6-8-37(53)45-38(35)54/h3-5,7,17-19,25-26,35H,6,8-16,20-24H2,1H3,(H,45,53,54)/t25-,35?/m0/s1. The van der Waals surface area contributed by atoms with Crippen LogP contribution in [0.5, 0.6) is 0 Å². The average Bonchev–Trinajstić information content (AvgIpc) is 3.84. The van der Waals surface area contributed by atoms with Crippen molar-refractivity contribution in [3.8, 4) is 0 Å². The monoisotopic (exact) mass is 789 g/mol. The lowest BCUT2D eigenvalue weighted by atomic mass is 9.77. The van der Waals surface area contributed by atoms with E-state index in [0.29, 0.717) is 65.7 Å². The van der Waals surface area contributed by atoms with Crippen molar-refractivity contribution in [2.45, 2.75) is 77.0 Å². The van der Waals surface area contributed by atoms with Crippen LogP contribution in [-0.2, 0) is 22.7 Å². The number of rotatable bonds is 6. The summed E-state index contributed by atoms with van der Waals surface area (Å²) >= 11 is 6.37. The molecule has 3 aromatic rings. The maximum absolute atomic E-state index is 13.5. The molecule has 1 unspecified atom stereocenters. The van der Waals surface area contributed by atoms with E-state index >= 15 is 0 Å². The zero-order chi connectivity index (χ0) is 39.6. The maximum Gasteiger partial charge on any atom is 0.274 e. The number of halogens is 1. The molecule has 0 bridgehead atoms. The number of hydrogen-bond donors (Lipinski definition) is 1. The summed E-state index contributed by atoms with van der Waals surface area (Å²) in [6.45, 7) is 15.7. The number of benzene rings is 2. The van der Waals surface area contributed by atoms with Gasteiger partial charge in [-0.05, 0) is 104 Å². The van der Waals surface area contributed by atoms with E-state index in [-0.39, 0.29) is 24.2 Å². The molecule has 1 aromatic heterocycles. The molecule has 14 nitrogen and oxygen atoms in total. The summed E-state index contributed by atoms with van der Waals surface area (Å²) in [6, 6.07) is 12.4. The van der Waals surface area contributed by atoms with Crippen molar-refractivity contribution < 1.29 is 24.0 Å². The third kappa shape index (κ3) is 6.80. The summed E-state index contributed by atoms with van der Waals surface area (Å²) < 4.78 is 0. The largest absolute Gasteiger partial charge is 0.368 e. The maximum atomic E-state index is 13.5. The molecule has 15 heteroatoms. The van der Waals surface area contributed by atoms with Crippen molar-refractivity contribution in [3.63, 3.8) is 0 Å². The van der Waals surface area contributed by atoms with Crippen molar-refractivity contribution in [3.05, 3.63) is 86.9 Å². The summed E-state index contributed by atoms with van der Waals surface area (Å²) in [5.41, 5.74) is 4.75. The number of piperidine rings is 3. The molecular weight excluding hydrogens is 746 g/mol. The molecule has 9 rings (SSSR count). The van der Waals surface area contributed by atoms with Gasteiger partial charge in [-0.15, -0.1) is 10.2 Å². The van der Waals surface area contributed by atoms with Crippen LogP contribution in [0.2, 0.25) is 5.02 Å². The fourth-order valence-electron chi connectivity index (χ4n) is 10.0. The highest BCUT2D eigenvalue weighted by Crippen LogP contribution is 2.46. The Morgan fingerprint density at radius 3 is 2.25 bits per heavy atom. The molecule has 0 radical (unpaired) electrons. The summed E-state index contributed by atoms with van der Waals surface area (Å²) in [4.78, 5) is 77.5. The van der Waals surface area contributed by atoms with E-state index in [1.807, 2.05) is 23.1 Å². The highest BCUT2D eigenvalue weighted by Gasteiger charge is 2.46. The van der Waals surface area contributed by atoms with Gasteiger partial charge in [-0.25, -0.2) is 4.85 Å². The third-order valence-electron chi connectivity index (χ3n) is 13.1. The van der Waals surface area contributed by atoms with Crippen LogP contribution in [0, 0.1) is 17.9 Å². The number of carbonyl (C=O) groups is 5. The predicted molar refractivity (Wildman–Crippen MR) is 211 cm³/mol. The fraction of sp³-hybridized carbons (Fsp3) is 0.476. The second-order valence-corrected chi connectivity index (χ2v) is 17.1. The summed E-state index contributed by atoms with van der Waals surface area (Å²) in [7, 11) is 0. The van der Waals surface area contributed by atoms with Gasteiger partial charge in [0.15, 0.2) is 11.5 Å². The molecule has 4 saturated heterocycles. The number of aromatic nitrogens is 2. The minimum absolute atomic E-state index is 0.0885. The van der Waals surface area contributed by atoms with Crippen LogP contribution in [0.4, 0.5) is 17.2 Å². The van der Waals surface area contributed by atoms with Crippen LogP contribution >= 0.6 is 11.6 Å². The van der Waals surface area contributed by atoms with E-state index in [2.05, 4.69) is 42.0 Å². The van der Waals surface area contributed by atoms with E-state index in [4.69, 9.17) is 18.2 Å². The number of likely N-dealkylation sites (tertiary alicyclic amines) is 1. The fourth-order valence-corrected chi connectivity index (χ4v) is 10.2. The molecule has 5 amide bonds. The lowest BCUT2D eigenvalue weighted by Gasteiger charge is -2.39. The van der Waals surface area contributed by atoms with Gasteiger partial charge < -0.3 is 14.7 Å². The van der Waals surface area contributed by atoms with Crippen LogP contribution in [0.15, 0.2) is 42.5 Å². The SMILES string of the molecule is [C-]#[N+]c1ccc(N2CC3(CCN(c4ccc(C(=O)N5CCC(CN6Cc7cc8c(cc7C6)C(=O)N(C6CCC(=O)NC6=O)C8=O)CC5)nn4)CC3)C[C@@H]2C)cc1Cl. The topological polar surface area (TPSA) is 144 Å². The molecule has 7 heterocycles. The molecule has 0 aliphatic carbocycles. The first-order valence-corrected chi connectivity index (χ1v) is 20.3. The van der Waals surface area contributed by atoms with E-state index in [0.717, 1.165) is 85.8 Å². The second-order valence-electron chi connectivity index (χ2n) is 16.7. The number of nitrogens with one attached hydrogen (secondary N) is 1. The minimum atomic E-state index is -0.974. The molecule has 294 valence electrons. The van der Waals surface area contributed by atoms with Gasteiger partial charge in [-0.3, -0.25) is 39.1 Å². The van der Waals surface area contributed by atoms with Gasteiger partial charge in [0.05, 0.1) is 17.7 Å². The average molecular weight is 790 g/mol. The minimum Gasteiger partial charge on any atom is -0.368 e. The van der Waals surface area contributed by atoms with Gasteiger partial charge in [-0.1, -0.05) is 17.7 Å². The second kappa shape index (κ2) is 14.5. The summed E-state index contributed by atoms with van der Waals surface area (Å²) in [6.07, 6.45) is 5.13. The first-order chi connectivity index (χ1) is 27.5. The van der Waals surface area contributed by atoms with Crippen molar-refractivity contribution in [1.82, 2.24) is 30.2 Å². The van der Waals surface area contributed by atoms with Gasteiger partial charge in [0.2, 0.25) is 17.5 Å². The number of nitrogens with zero attached hydrogens (tertiary/aromatic N) is 8. The normalized spacial score (nSPS) is 23.6. The molecule has 1 N–H and O–H groups in total. The Kier molecular flexibility index (Phi) is 9.48. The molecule has 6 aliphatic heterocycles. The van der Waals surface area contributed by atoms with E-state index < -0.39 is 29.7 Å². The quantitative estimate of drug-likeness (QED) is 0.273. The highest BCUT2D eigenvalue weighted by atomic mass is 35.5. The first-order valence-electron chi connectivity index (χ1n) is 19.9. The van der Waals surface area contributed by atoms with Gasteiger partial charge in [0.1, 0.15) is 6.04 Å². The number of fused-ring (bicyclic) bond motifs is 2. The Hall–Kier alpha value is -5.39. The Balaban J connectivity index is 0.745. The molecular formula is C42H44ClN9O5. The van der Waals surface area contributed by atoms with Crippen LogP contribution < -0.4 is 15.1 Å². The Bertz CT molecular complexity index is 2180.